The molecule has 0 N–H and O–H groups in total. The number of nitrogens with zero attached hydrogens (tertiary/aromatic N) is 1. The molecule has 1 aliphatic heterocycles. The first kappa shape index (κ1) is 20.9. The van der Waals surface area contributed by atoms with Gasteiger partial charge in [-0.25, -0.2) is 4.79 Å². The fourth-order valence-electron chi connectivity index (χ4n) is 3.22. The zero-order valence-corrected chi connectivity index (χ0v) is 16.9. The van der Waals surface area contributed by atoms with E-state index in [0.717, 1.165) is 25.1 Å². The summed E-state index contributed by atoms with van der Waals surface area (Å²) in [7, 11) is 0. The maximum atomic E-state index is 12.7. The molecule has 29 heavy (non-hydrogen) atoms. The number of para-hydroxylation sites is 1. The molecule has 0 saturated carbocycles. The van der Waals surface area contributed by atoms with E-state index in [9.17, 15) is 9.59 Å². The van der Waals surface area contributed by atoms with Gasteiger partial charge in [-0.1, -0.05) is 18.2 Å². The summed E-state index contributed by atoms with van der Waals surface area (Å²) < 4.78 is 16.6. The molecule has 1 aliphatic rings. The number of anilines is 1. The van der Waals surface area contributed by atoms with E-state index in [1.54, 1.807) is 36.1 Å². The molecule has 154 valence electrons. The number of hydrogen-bond donors (Lipinski definition) is 0. The molecular weight excluding hydrogens is 370 g/mol. The second-order valence-electron chi connectivity index (χ2n) is 6.94. The minimum atomic E-state index is -0.891. The van der Waals surface area contributed by atoms with Gasteiger partial charge in [0.15, 0.2) is 6.10 Å². The average molecular weight is 397 g/mol. The normalized spacial score (nSPS) is 16.8. The van der Waals surface area contributed by atoms with Gasteiger partial charge in [0.1, 0.15) is 12.4 Å². The van der Waals surface area contributed by atoms with Crippen molar-refractivity contribution in [2.45, 2.75) is 38.9 Å². The zero-order valence-electron chi connectivity index (χ0n) is 16.9. The highest BCUT2D eigenvalue weighted by Crippen LogP contribution is 2.18. The van der Waals surface area contributed by atoms with Crippen LogP contribution in [0, 0.1) is 0 Å². The molecule has 6 nitrogen and oxygen atoms in total. The molecule has 3 rings (SSSR count). The highest BCUT2D eigenvalue weighted by Gasteiger charge is 2.24. The Morgan fingerprint density at radius 3 is 2.48 bits per heavy atom. The Morgan fingerprint density at radius 2 is 1.86 bits per heavy atom. The third-order valence-corrected chi connectivity index (χ3v) is 4.83. The molecule has 0 radical (unpaired) electrons. The Hall–Kier alpha value is -2.86. The standard InChI is InChI=1S/C23H27NO5/c1-3-24(19-8-5-4-6-9-19)22(25)17(2)29-23(26)18-11-13-20(14-12-18)28-16-21-10-7-15-27-21/h4-6,8-9,11-14,17,21H,3,7,10,15-16H2,1-2H3. The van der Waals surface area contributed by atoms with Crippen LogP contribution in [0.15, 0.2) is 54.6 Å². The first-order chi connectivity index (χ1) is 14.1. The summed E-state index contributed by atoms with van der Waals surface area (Å²) in [5.41, 5.74) is 1.15. The van der Waals surface area contributed by atoms with Crippen LogP contribution in [-0.4, -0.2) is 43.8 Å². The summed E-state index contributed by atoms with van der Waals surface area (Å²) in [5, 5.41) is 0. The zero-order chi connectivity index (χ0) is 20.6. The van der Waals surface area contributed by atoms with Gasteiger partial charge in [-0.15, -0.1) is 0 Å². The molecule has 0 bridgehead atoms. The molecule has 2 aromatic rings. The highest BCUT2D eigenvalue weighted by molar-refractivity contribution is 5.99. The van der Waals surface area contributed by atoms with E-state index in [-0.39, 0.29) is 12.0 Å². The van der Waals surface area contributed by atoms with Crippen molar-refractivity contribution in [3.05, 3.63) is 60.2 Å². The van der Waals surface area contributed by atoms with E-state index in [1.165, 1.54) is 0 Å². The van der Waals surface area contributed by atoms with Gasteiger partial charge in [0.25, 0.3) is 5.91 Å². The number of carbonyl (C=O) groups is 2. The van der Waals surface area contributed by atoms with Gasteiger partial charge < -0.3 is 19.1 Å². The number of amides is 1. The van der Waals surface area contributed by atoms with Gasteiger partial charge in [-0.3, -0.25) is 4.79 Å². The molecule has 2 unspecified atom stereocenters. The minimum absolute atomic E-state index is 0.137. The summed E-state index contributed by atoms with van der Waals surface area (Å²) in [5.74, 6) is -0.133. The fourth-order valence-corrected chi connectivity index (χ4v) is 3.22. The lowest BCUT2D eigenvalue weighted by Gasteiger charge is -2.24. The van der Waals surface area contributed by atoms with Crippen LogP contribution in [0.3, 0.4) is 0 Å². The molecular formula is C23H27NO5. The highest BCUT2D eigenvalue weighted by atomic mass is 16.5. The maximum absolute atomic E-state index is 12.7. The van der Waals surface area contributed by atoms with Crippen molar-refractivity contribution >= 4 is 17.6 Å². The fraction of sp³-hybridized carbons (Fsp3) is 0.391. The smallest absolute Gasteiger partial charge is 0.338 e. The van der Waals surface area contributed by atoms with Crippen molar-refractivity contribution in [2.75, 3.05) is 24.7 Å². The molecule has 2 aromatic carbocycles. The summed E-state index contributed by atoms with van der Waals surface area (Å²) in [6.07, 6.45) is 1.32. The molecule has 0 aromatic heterocycles. The summed E-state index contributed by atoms with van der Waals surface area (Å²) in [4.78, 5) is 26.8. The van der Waals surface area contributed by atoms with Crippen LogP contribution in [0.25, 0.3) is 0 Å². The molecule has 2 atom stereocenters. The Labute approximate surface area is 171 Å². The predicted octanol–water partition coefficient (Wildman–Crippen LogP) is 3.84. The first-order valence-corrected chi connectivity index (χ1v) is 10.0. The quantitative estimate of drug-likeness (QED) is 0.633. The number of esters is 1. The van der Waals surface area contributed by atoms with Crippen molar-refractivity contribution in [1.29, 1.82) is 0 Å². The second kappa shape index (κ2) is 10.1. The van der Waals surface area contributed by atoms with E-state index in [1.807, 2.05) is 37.3 Å². The number of carbonyl (C=O) groups excluding carboxylic acids is 2. The number of hydrogen-bond acceptors (Lipinski definition) is 5. The van der Waals surface area contributed by atoms with E-state index < -0.39 is 12.1 Å². The summed E-state index contributed by atoms with van der Waals surface area (Å²) in [6.45, 7) is 5.25. The number of ether oxygens (including phenoxy) is 3. The second-order valence-corrected chi connectivity index (χ2v) is 6.94. The maximum Gasteiger partial charge on any atom is 0.338 e. The van der Waals surface area contributed by atoms with Crippen LogP contribution < -0.4 is 9.64 Å². The van der Waals surface area contributed by atoms with Crippen LogP contribution in [0.1, 0.15) is 37.0 Å². The van der Waals surface area contributed by atoms with Gasteiger partial charge >= 0.3 is 5.97 Å². The predicted molar refractivity (Wildman–Crippen MR) is 110 cm³/mol. The first-order valence-electron chi connectivity index (χ1n) is 10.0. The van der Waals surface area contributed by atoms with Gasteiger partial charge in [-0.05, 0) is 63.1 Å². The van der Waals surface area contributed by atoms with Crippen LogP contribution in [0.2, 0.25) is 0 Å². The Balaban J connectivity index is 1.55. The van der Waals surface area contributed by atoms with Crippen molar-refractivity contribution < 1.29 is 23.8 Å². The van der Waals surface area contributed by atoms with E-state index in [2.05, 4.69) is 0 Å². The van der Waals surface area contributed by atoms with Crippen molar-refractivity contribution in [2.24, 2.45) is 0 Å². The van der Waals surface area contributed by atoms with Crippen molar-refractivity contribution in [3.8, 4) is 5.75 Å². The molecule has 1 amide bonds. The van der Waals surface area contributed by atoms with Crippen LogP contribution >= 0.6 is 0 Å². The molecule has 0 spiro atoms. The SMILES string of the molecule is CCN(C(=O)C(C)OC(=O)c1ccc(OCC2CCCO2)cc1)c1ccccc1. The third kappa shape index (κ3) is 5.57. The van der Waals surface area contributed by atoms with Crippen LogP contribution in [0.5, 0.6) is 5.75 Å². The lowest BCUT2D eigenvalue weighted by molar-refractivity contribution is -0.126. The van der Waals surface area contributed by atoms with E-state index in [4.69, 9.17) is 14.2 Å². The Morgan fingerprint density at radius 1 is 1.14 bits per heavy atom. The number of likely N-dealkylation sites (N-methyl/N-ethyl adjacent to an activating group) is 1. The van der Waals surface area contributed by atoms with E-state index >= 15 is 0 Å². The van der Waals surface area contributed by atoms with Gasteiger partial charge in [0.2, 0.25) is 0 Å². The van der Waals surface area contributed by atoms with Crippen LogP contribution in [-0.2, 0) is 14.3 Å². The largest absolute Gasteiger partial charge is 0.491 e. The van der Waals surface area contributed by atoms with Gasteiger partial charge in [-0.2, -0.15) is 0 Å². The van der Waals surface area contributed by atoms with Gasteiger partial charge in [0.05, 0.1) is 11.7 Å². The third-order valence-electron chi connectivity index (χ3n) is 4.83. The molecule has 1 heterocycles. The number of rotatable bonds is 8. The summed E-state index contributed by atoms with van der Waals surface area (Å²) in [6, 6.07) is 16.0. The minimum Gasteiger partial charge on any atom is -0.491 e. The van der Waals surface area contributed by atoms with E-state index in [0.29, 0.717) is 24.5 Å². The average Bonchev–Trinajstić information content (AvgIpc) is 3.27. The molecule has 0 aliphatic carbocycles. The van der Waals surface area contributed by atoms with Crippen molar-refractivity contribution in [3.63, 3.8) is 0 Å². The lowest BCUT2D eigenvalue weighted by Crippen LogP contribution is -2.40. The van der Waals surface area contributed by atoms with Gasteiger partial charge in [0, 0.05) is 18.8 Å². The topological polar surface area (TPSA) is 65.1 Å². The molecule has 1 fully saturated rings. The summed E-state index contributed by atoms with van der Waals surface area (Å²) >= 11 is 0. The Bertz CT molecular complexity index is 800. The molecule has 1 saturated heterocycles. The monoisotopic (exact) mass is 397 g/mol. The molecule has 6 heteroatoms. The van der Waals surface area contributed by atoms with Crippen molar-refractivity contribution in [1.82, 2.24) is 0 Å². The lowest BCUT2D eigenvalue weighted by atomic mass is 10.2. The Kier molecular flexibility index (Phi) is 7.25. The number of benzene rings is 2. The van der Waals surface area contributed by atoms with Crippen LogP contribution in [0.4, 0.5) is 5.69 Å².